The standard InChI is InChI=1S/C15H16N2OS/c1-18-11-5-2-9-6-13-15(12(9)7-11)17-14(19-13)8-16-10-3-4-10/h2,5,7,10,16H,3-4,6,8H2,1H3. The molecule has 1 aromatic heterocycles. The molecule has 0 amide bonds. The maximum atomic E-state index is 5.31. The summed E-state index contributed by atoms with van der Waals surface area (Å²) in [6, 6.07) is 7.04. The van der Waals surface area contributed by atoms with Crippen LogP contribution in [0.2, 0.25) is 0 Å². The van der Waals surface area contributed by atoms with Gasteiger partial charge in [-0.1, -0.05) is 6.07 Å². The van der Waals surface area contributed by atoms with Gasteiger partial charge in [0.05, 0.1) is 12.8 Å². The van der Waals surface area contributed by atoms with Crippen molar-refractivity contribution in [3.8, 4) is 17.0 Å². The molecule has 0 spiro atoms. The average molecular weight is 272 g/mol. The van der Waals surface area contributed by atoms with Gasteiger partial charge in [-0.3, -0.25) is 0 Å². The summed E-state index contributed by atoms with van der Waals surface area (Å²) in [4.78, 5) is 6.21. The Bertz CT molecular complexity index is 631. The van der Waals surface area contributed by atoms with E-state index in [2.05, 4.69) is 17.4 Å². The van der Waals surface area contributed by atoms with Gasteiger partial charge in [0.15, 0.2) is 0 Å². The average Bonchev–Trinajstić information content (AvgIpc) is 3.08. The zero-order valence-corrected chi connectivity index (χ0v) is 11.7. The van der Waals surface area contributed by atoms with Crippen LogP contribution in [0, 0.1) is 0 Å². The number of hydrogen-bond acceptors (Lipinski definition) is 4. The molecule has 1 fully saturated rings. The number of rotatable bonds is 4. The van der Waals surface area contributed by atoms with Gasteiger partial charge in [-0.15, -0.1) is 11.3 Å². The molecule has 0 atom stereocenters. The molecular formula is C15H16N2OS. The zero-order valence-electron chi connectivity index (χ0n) is 10.9. The number of nitrogens with zero attached hydrogens (tertiary/aromatic N) is 1. The molecule has 19 heavy (non-hydrogen) atoms. The van der Waals surface area contributed by atoms with Gasteiger partial charge < -0.3 is 10.1 Å². The fourth-order valence-electron chi connectivity index (χ4n) is 2.56. The molecule has 2 aromatic rings. The van der Waals surface area contributed by atoms with Crippen LogP contribution in [0.5, 0.6) is 5.75 Å². The molecule has 1 heterocycles. The van der Waals surface area contributed by atoms with E-state index in [9.17, 15) is 0 Å². The first-order chi connectivity index (χ1) is 9.33. The van der Waals surface area contributed by atoms with E-state index >= 15 is 0 Å². The third kappa shape index (κ3) is 2.05. The quantitative estimate of drug-likeness (QED) is 0.793. The molecule has 2 aliphatic rings. The fourth-order valence-corrected chi connectivity index (χ4v) is 3.61. The van der Waals surface area contributed by atoms with Crippen molar-refractivity contribution in [3.05, 3.63) is 33.6 Å². The number of benzene rings is 1. The van der Waals surface area contributed by atoms with Crippen molar-refractivity contribution in [1.82, 2.24) is 10.3 Å². The van der Waals surface area contributed by atoms with E-state index < -0.39 is 0 Å². The van der Waals surface area contributed by atoms with E-state index in [0.29, 0.717) is 0 Å². The molecule has 3 nitrogen and oxygen atoms in total. The van der Waals surface area contributed by atoms with Crippen LogP contribution in [-0.4, -0.2) is 18.1 Å². The summed E-state index contributed by atoms with van der Waals surface area (Å²) in [5, 5.41) is 4.74. The molecule has 1 aromatic carbocycles. The molecule has 1 saturated carbocycles. The Labute approximate surface area is 116 Å². The molecule has 1 N–H and O–H groups in total. The van der Waals surface area contributed by atoms with Crippen molar-refractivity contribution in [3.63, 3.8) is 0 Å². The van der Waals surface area contributed by atoms with E-state index in [1.165, 1.54) is 39.5 Å². The van der Waals surface area contributed by atoms with Gasteiger partial charge in [-0.05, 0) is 30.5 Å². The van der Waals surface area contributed by atoms with Crippen molar-refractivity contribution in [2.75, 3.05) is 7.11 Å². The second-order valence-corrected chi connectivity index (χ2v) is 6.40. The van der Waals surface area contributed by atoms with E-state index in [4.69, 9.17) is 9.72 Å². The van der Waals surface area contributed by atoms with Crippen LogP contribution < -0.4 is 10.1 Å². The SMILES string of the molecule is COc1ccc2c(c1)-c1nc(CNC3CC3)sc1C2. The lowest BCUT2D eigenvalue weighted by Crippen LogP contribution is -2.14. The molecule has 0 saturated heterocycles. The summed E-state index contributed by atoms with van der Waals surface area (Å²) in [6.45, 7) is 0.918. The van der Waals surface area contributed by atoms with Crippen LogP contribution >= 0.6 is 11.3 Å². The van der Waals surface area contributed by atoms with Crippen molar-refractivity contribution < 1.29 is 4.74 Å². The first-order valence-corrected chi connectivity index (χ1v) is 7.54. The number of thiazole rings is 1. The van der Waals surface area contributed by atoms with Crippen LogP contribution in [0.4, 0.5) is 0 Å². The van der Waals surface area contributed by atoms with Gasteiger partial charge in [0.2, 0.25) is 0 Å². The first-order valence-electron chi connectivity index (χ1n) is 6.73. The van der Waals surface area contributed by atoms with Crippen LogP contribution in [0.3, 0.4) is 0 Å². The Balaban J connectivity index is 1.63. The predicted molar refractivity (Wildman–Crippen MR) is 76.8 cm³/mol. The number of fused-ring (bicyclic) bond motifs is 3. The molecule has 0 aliphatic heterocycles. The summed E-state index contributed by atoms with van der Waals surface area (Å²) < 4.78 is 5.31. The molecule has 2 aliphatic carbocycles. The van der Waals surface area contributed by atoms with Crippen molar-refractivity contribution in [2.24, 2.45) is 0 Å². The second kappa shape index (κ2) is 4.32. The van der Waals surface area contributed by atoms with Crippen molar-refractivity contribution in [2.45, 2.75) is 31.8 Å². The number of hydrogen-bond donors (Lipinski definition) is 1. The van der Waals surface area contributed by atoms with Crippen LogP contribution in [0.25, 0.3) is 11.3 Å². The highest BCUT2D eigenvalue weighted by Crippen LogP contribution is 2.41. The molecule has 0 unspecified atom stereocenters. The van der Waals surface area contributed by atoms with Crippen molar-refractivity contribution >= 4 is 11.3 Å². The normalized spacial score (nSPS) is 16.3. The number of aromatic nitrogens is 1. The minimum atomic E-state index is 0.742. The number of methoxy groups -OCH3 is 1. The zero-order chi connectivity index (χ0) is 12.8. The van der Waals surface area contributed by atoms with Gasteiger partial charge in [-0.25, -0.2) is 4.98 Å². The van der Waals surface area contributed by atoms with Crippen LogP contribution in [-0.2, 0) is 13.0 Å². The highest BCUT2D eigenvalue weighted by molar-refractivity contribution is 7.12. The highest BCUT2D eigenvalue weighted by atomic mass is 32.1. The third-order valence-corrected chi connectivity index (χ3v) is 4.84. The summed E-state index contributed by atoms with van der Waals surface area (Å²) in [7, 11) is 1.71. The Kier molecular flexibility index (Phi) is 2.60. The van der Waals surface area contributed by atoms with E-state index in [0.717, 1.165) is 24.8 Å². The molecular weight excluding hydrogens is 256 g/mol. The Hall–Kier alpha value is -1.39. The Morgan fingerprint density at radius 3 is 3.11 bits per heavy atom. The smallest absolute Gasteiger partial charge is 0.119 e. The predicted octanol–water partition coefficient (Wildman–Crippen LogP) is 2.97. The first kappa shape index (κ1) is 11.4. The molecule has 4 rings (SSSR count). The monoisotopic (exact) mass is 272 g/mol. The largest absolute Gasteiger partial charge is 0.497 e. The fraction of sp³-hybridized carbons (Fsp3) is 0.400. The van der Waals surface area contributed by atoms with E-state index in [-0.39, 0.29) is 0 Å². The second-order valence-electron chi connectivity index (χ2n) is 5.23. The third-order valence-electron chi connectivity index (χ3n) is 3.78. The van der Waals surface area contributed by atoms with E-state index in [1.807, 2.05) is 17.4 Å². The molecule has 0 radical (unpaired) electrons. The van der Waals surface area contributed by atoms with Crippen LogP contribution in [0.1, 0.15) is 28.3 Å². The summed E-state index contributed by atoms with van der Waals surface area (Å²) in [5.41, 5.74) is 3.80. The maximum Gasteiger partial charge on any atom is 0.119 e. The van der Waals surface area contributed by atoms with Crippen LogP contribution in [0.15, 0.2) is 18.2 Å². The van der Waals surface area contributed by atoms with Gasteiger partial charge in [0, 0.05) is 29.4 Å². The van der Waals surface area contributed by atoms with E-state index in [1.54, 1.807) is 7.11 Å². The highest BCUT2D eigenvalue weighted by Gasteiger charge is 2.25. The topological polar surface area (TPSA) is 34.1 Å². The summed E-state index contributed by atoms with van der Waals surface area (Å²) >= 11 is 1.85. The molecule has 98 valence electrons. The minimum absolute atomic E-state index is 0.742. The maximum absolute atomic E-state index is 5.31. The molecule has 0 bridgehead atoms. The van der Waals surface area contributed by atoms with Gasteiger partial charge in [-0.2, -0.15) is 0 Å². The lowest BCUT2D eigenvalue weighted by atomic mass is 10.1. The number of nitrogens with one attached hydrogen (secondary N) is 1. The Morgan fingerprint density at radius 2 is 2.32 bits per heavy atom. The lowest BCUT2D eigenvalue weighted by Gasteiger charge is -2.03. The van der Waals surface area contributed by atoms with Gasteiger partial charge in [0.1, 0.15) is 10.8 Å². The van der Waals surface area contributed by atoms with Crippen molar-refractivity contribution in [1.29, 1.82) is 0 Å². The Morgan fingerprint density at radius 1 is 1.42 bits per heavy atom. The minimum Gasteiger partial charge on any atom is -0.497 e. The summed E-state index contributed by atoms with van der Waals surface area (Å²) in [6.07, 6.45) is 3.67. The lowest BCUT2D eigenvalue weighted by molar-refractivity contribution is 0.415. The van der Waals surface area contributed by atoms with Gasteiger partial charge in [0.25, 0.3) is 0 Å². The van der Waals surface area contributed by atoms with Gasteiger partial charge >= 0.3 is 0 Å². The summed E-state index contributed by atoms with van der Waals surface area (Å²) in [5.74, 6) is 0.914. The number of ether oxygens (including phenoxy) is 1. The molecule has 4 heteroatoms.